The summed E-state index contributed by atoms with van der Waals surface area (Å²) in [5.74, 6) is -2.37. The molecule has 1 aromatic carbocycles. The fourth-order valence-corrected chi connectivity index (χ4v) is 3.75. The first-order valence-corrected chi connectivity index (χ1v) is 10.5. The number of nitrogens with one attached hydrogen (secondary N) is 2. The Morgan fingerprint density at radius 3 is 2.52 bits per heavy atom. The van der Waals surface area contributed by atoms with Gasteiger partial charge in [-0.15, -0.1) is 0 Å². The number of carbonyl (C=O) groups is 3. The molecule has 1 aliphatic rings. The maximum atomic E-state index is 13.1. The second kappa shape index (κ2) is 10.7. The standard InChI is InChI=1S/C22H29N5O4/c23-17-6-8-27(9-7-17)20(28)11-16(10-15-4-2-1-3-5-15)21(29)26-19(22(30)31)12-18-13-24-14-25-18/h1-5,13-14,16-17,19H,6-12,23H2,(H,24,25)(H,26,29)(H,30,31)/t16-,19+/m1/s1. The van der Waals surface area contributed by atoms with E-state index in [2.05, 4.69) is 15.3 Å². The lowest BCUT2D eigenvalue weighted by Crippen LogP contribution is -2.47. The Hall–Kier alpha value is -3.20. The Morgan fingerprint density at radius 1 is 1.19 bits per heavy atom. The maximum Gasteiger partial charge on any atom is 0.326 e. The number of likely N-dealkylation sites (tertiary alicyclic amines) is 1. The molecular weight excluding hydrogens is 398 g/mol. The van der Waals surface area contributed by atoms with Gasteiger partial charge in [0, 0.05) is 43.9 Å². The molecule has 2 atom stereocenters. The van der Waals surface area contributed by atoms with Crippen LogP contribution in [0.2, 0.25) is 0 Å². The number of imidazole rings is 1. The highest BCUT2D eigenvalue weighted by molar-refractivity contribution is 5.89. The van der Waals surface area contributed by atoms with Crippen molar-refractivity contribution in [3.8, 4) is 0 Å². The van der Waals surface area contributed by atoms with Crippen LogP contribution >= 0.6 is 0 Å². The number of aliphatic carboxylic acids is 1. The van der Waals surface area contributed by atoms with E-state index in [9.17, 15) is 19.5 Å². The van der Waals surface area contributed by atoms with Gasteiger partial charge in [-0.05, 0) is 24.8 Å². The van der Waals surface area contributed by atoms with Crippen molar-refractivity contribution in [3.63, 3.8) is 0 Å². The molecule has 1 fully saturated rings. The van der Waals surface area contributed by atoms with Gasteiger partial charge in [0.05, 0.1) is 12.2 Å². The number of carbonyl (C=O) groups excluding carboxylic acids is 2. The van der Waals surface area contributed by atoms with E-state index in [1.54, 1.807) is 4.90 Å². The first-order valence-electron chi connectivity index (χ1n) is 10.5. The third-order valence-electron chi connectivity index (χ3n) is 5.60. The average molecular weight is 428 g/mol. The number of hydrogen-bond donors (Lipinski definition) is 4. The van der Waals surface area contributed by atoms with Crippen LogP contribution in [0, 0.1) is 5.92 Å². The van der Waals surface area contributed by atoms with E-state index in [0.717, 1.165) is 18.4 Å². The fraction of sp³-hybridized carbons (Fsp3) is 0.455. The summed E-state index contributed by atoms with van der Waals surface area (Å²) in [4.78, 5) is 46.1. The number of aromatic amines is 1. The highest BCUT2D eigenvalue weighted by Gasteiger charge is 2.30. The predicted molar refractivity (Wildman–Crippen MR) is 114 cm³/mol. The number of H-pyrrole nitrogens is 1. The van der Waals surface area contributed by atoms with Gasteiger partial charge < -0.3 is 26.0 Å². The van der Waals surface area contributed by atoms with Crippen molar-refractivity contribution in [1.82, 2.24) is 20.2 Å². The molecule has 31 heavy (non-hydrogen) atoms. The van der Waals surface area contributed by atoms with Crippen LogP contribution in [0.15, 0.2) is 42.9 Å². The number of nitrogens with two attached hydrogens (primary N) is 1. The minimum absolute atomic E-state index is 0.0202. The van der Waals surface area contributed by atoms with E-state index in [1.165, 1.54) is 12.5 Å². The van der Waals surface area contributed by atoms with Gasteiger partial charge >= 0.3 is 5.97 Å². The van der Waals surface area contributed by atoms with Gasteiger partial charge in [0.25, 0.3) is 0 Å². The molecule has 0 radical (unpaired) electrons. The fourth-order valence-electron chi connectivity index (χ4n) is 3.75. The molecule has 2 aromatic rings. The lowest BCUT2D eigenvalue weighted by molar-refractivity contribution is -0.143. The first kappa shape index (κ1) is 22.5. The first-order chi connectivity index (χ1) is 14.9. The lowest BCUT2D eigenvalue weighted by Gasteiger charge is -2.31. The van der Waals surface area contributed by atoms with Gasteiger partial charge in [0.2, 0.25) is 11.8 Å². The quantitative estimate of drug-likeness (QED) is 0.465. The second-order valence-electron chi connectivity index (χ2n) is 7.99. The van der Waals surface area contributed by atoms with Crippen LogP contribution in [-0.2, 0) is 27.2 Å². The maximum absolute atomic E-state index is 13.1. The van der Waals surface area contributed by atoms with Crippen molar-refractivity contribution in [2.45, 2.75) is 44.2 Å². The molecule has 1 aliphatic heterocycles. The van der Waals surface area contributed by atoms with Crippen LogP contribution in [-0.4, -0.2) is 62.9 Å². The summed E-state index contributed by atoms with van der Waals surface area (Å²) < 4.78 is 0. The van der Waals surface area contributed by atoms with Gasteiger partial charge in [0.1, 0.15) is 6.04 Å². The molecule has 9 nitrogen and oxygen atoms in total. The highest BCUT2D eigenvalue weighted by Crippen LogP contribution is 2.17. The molecule has 0 aliphatic carbocycles. The Kier molecular flexibility index (Phi) is 7.77. The molecule has 5 N–H and O–H groups in total. The van der Waals surface area contributed by atoms with Gasteiger partial charge in [-0.3, -0.25) is 9.59 Å². The summed E-state index contributed by atoms with van der Waals surface area (Å²) >= 11 is 0. The summed E-state index contributed by atoms with van der Waals surface area (Å²) in [5, 5.41) is 12.2. The monoisotopic (exact) mass is 427 g/mol. The molecule has 1 aromatic heterocycles. The minimum Gasteiger partial charge on any atom is -0.480 e. The molecule has 0 spiro atoms. The molecule has 2 amide bonds. The van der Waals surface area contributed by atoms with Gasteiger partial charge in [-0.25, -0.2) is 9.78 Å². The Bertz CT molecular complexity index is 863. The molecule has 1 saturated heterocycles. The number of piperidine rings is 1. The van der Waals surface area contributed by atoms with Crippen LogP contribution in [0.25, 0.3) is 0 Å². The number of hydrogen-bond acceptors (Lipinski definition) is 5. The molecule has 2 heterocycles. The molecule has 0 bridgehead atoms. The van der Waals surface area contributed by atoms with Crippen molar-refractivity contribution in [3.05, 3.63) is 54.1 Å². The SMILES string of the molecule is NC1CCN(C(=O)C[C@@H](Cc2ccccc2)C(=O)N[C@@H](Cc2cnc[nH]2)C(=O)O)CC1. The summed E-state index contributed by atoms with van der Waals surface area (Å²) in [6.07, 6.45) is 4.91. The smallest absolute Gasteiger partial charge is 0.326 e. The van der Waals surface area contributed by atoms with E-state index in [0.29, 0.717) is 25.2 Å². The van der Waals surface area contributed by atoms with Gasteiger partial charge in [-0.2, -0.15) is 0 Å². The van der Waals surface area contributed by atoms with Crippen molar-refractivity contribution in [2.24, 2.45) is 11.7 Å². The van der Waals surface area contributed by atoms with Crippen LogP contribution in [0.1, 0.15) is 30.5 Å². The zero-order valence-electron chi connectivity index (χ0n) is 17.4. The summed E-state index contributed by atoms with van der Waals surface area (Å²) in [7, 11) is 0. The number of carboxylic acids is 1. The summed E-state index contributed by atoms with van der Waals surface area (Å²) in [6, 6.07) is 8.40. The zero-order chi connectivity index (χ0) is 22.2. The summed E-state index contributed by atoms with van der Waals surface area (Å²) in [6.45, 7) is 1.16. The third kappa shape index (κ3) is 6.65. The molecule has 9 heteroatoms. The number of nitrogens with zero attached hydrogens (tertiary/aromatic N) is 2. The molecule has 0 unspecified atom stereocenters. The van der Waals surface area contributed by atoms with Crippen LogP contribution in [0.4, 0.5) is 0 Å². The number of benzene rings is 1. The van der Waals surface area contributed by atoms with Gasteiger partial charge in [-0.1, -0.05) is 30.3 Å². The molecule has 0 saturated carbocycles. The Morgan fingerprint density at radius 2 is 1.90 bits per heavy atom. The topological polar surface area (TPSA) is 141 Å². The Labute approximate surface area is 181 Å². The Balaban J connectivity index is 1.70. The van der Waals surface area contributed by atoms with Crippen LogP contribution < -0.4 is 11.1 Å². The van der Waals surface area contributed by atoms with Gasteiger partial charge in [0.15, 0.2) is 0 Å². The highest BCUT2D eigenvalue weighted by atomic mass is 16.4. The van der Waals surface area contributed by atoms with Crippen molar-refractivity contribution >= 4 is 17.8 Å². The average Bonchev–Trinajstić information content (AvgIpc) is 3.27. The number of amides is 2. The van der Waals surface area contributed by atoms with E-state index >= 15 is 0 Å². The zero-order valence-corrected chi connectivity index (χ0v) is 17.4. The summed E-state index contributed by atoms with van der Waals surface area (Å²) in [5.41, 5.74) is 7.44. The minimum atomic E-state index is -1.14. The van der Waals surface area contributed by atoms with Crippen molar-refractivity contribution in [2.75, 3.05) is 13.1 Å². The molecule has 3 rings (SSSR count). The van der Waals surface area contributed by atoms with E-state index in [4.69, 9.17) is 5.73 Å². The normalized spacial score (nSPS) is 16.5. The van der Waals surface area contributed by atoms with E-state index in [1.807, 2.05) is 30.3 Å². The van der Waals surface area contributed by atoms with Crippen LogP contribution in [0.3, 0.4) is 0 Å². The van der Waals surface area contributed by atoms with Crippen molar-refractivity contribution in [1.29, 1.82) is 0 Å². The largest absolute Gasteiger partial charge is 0.480 e. The third-order valence-corrected chi connectivity index (χ3v) is 5.60. The number of rotatable bonds is 9. The molecule has 166 valence electrons. The number of carboxylic acid groups (broad SMARTS) is 1. The van der Waals surface area contributed by atoms with Crippen LogP contribution in [0.5, 0.6) is 0 Å². The number of aromatic nitrogens is 2. The second-order valence-corrected chi connectivity index (χ2v) is 7.99. The van der Waals surface area contributed by atoms with E-state index < -0.39 is 23.8 Å². The van der Waals surface area contributed by atoms with E-state index in [-0.39, 0.29) is 24.8 Å². The van der Waals surface area contributed by atoms with Crippen molar-refractivity contribution < 1.29 is 19.5 Å². The predicted octanol–water partition coefficient (Wildman–Crippen LogP) is 0.720. The lowest BCUT2D eigenvalue weighted by atomic mass is 9.93. The molecular formula is C22H29N5O4.